The Balaban J connectivity index is 1.87. The molecule has 0 N–H and O–H groups in total. The Morgan fingerprint density at radius 3 is 2.70 bits per heavy atom. The molecule has 116 valence electrons. The highest BCUT2D eigenvalue weighted by molar-refractivity contribution is 5.55. The average molecular weight is 311 g/mol. The van der Waals surface area contributed by atoms with Gasteiger partial charge in [0.1, 0.15) is 11.4 Å². The molecule has 3 heterocycles. The predicted molar refractivity (Wildman–Crippen MR) is 82.1 cm³/mol. The lowest BCUT2D eigenvalue weighted by atomic mass is 10.3. The van der Waals surface area contributed by atoms with Crippen molar-refractivity contribution in [2.24, 2.45) is 7.05 Å². The summed E-state index contributed by atoms with van der Waals surface area (Å²) in [6.45, 7) is 1.66. The minimum Gasteiger partial charge on any atom is -0.453 e. The minimum absolute atomic E-state index is 0.209. The van der Waals surface area contributed by atoms with Gasteiger partial charge in [-0.1, -0.05) is 0 Å². The van der Waals surface area contributed by atoms with Gasteiger partial charge in [0.05, 0.1) is 12.0 Å². The lowest BCUT2D eigenvalue weighted by Crippen LogP contribution is -1.96. The van der Waals surface area contributed by atoms with E-state index in [1.54, 1.807) is 31.6 Å². The summed E-state index contributed by atoms with van der Waals surface area (Å²) in [6, 6.07) is 6.29. The van der Waals surface area contributed by atoms with E-state index in [0.717, 1.165) is 5.69 Å². The third-order valence-corrected chi connectivity index (χ3v) is 3.14. The van der Waals surface area contributed by atoms with E-state index in [-0.39, 0.29) is 5.82 Å². The van der Waals surface area contributed by atoms with Gasteiger partial charge in [0.2, 0.25) is 0 Å². The third kappa shape index (κ3) is 3.15. The fourth-order valence-electron chi connectivity index (χ4n) is 2.03. The maximum atomic E-state index is 10.7. The number of rotatable bonds is 4. The largest absolute Gasteiger partial charge is 0.453 e. The number of nitrogens with zero attached hydrogens (tertiary/aromatic N) is 5. The van der Waals surface area contributed by atoms with Crippen LogP contribution in [0.1, 0.15) is 5.69 Å². The summed E-state index contributed by atoms with van der Waals surface area (Å²) in [5, 5.41) is 10.7. The highest BCUT2D eigenvalue weighted by Gasteiger charge is 2.14. The molecule has 0 fully saturated rings. The first kappa shape index (κ1) is 14.6. The van der Waals surface area contributed by atoms with Crippen LogP contribution in [0.25, 0.3) is 11.4 Å². The quantitative estimate of drug-likeness (QED) is 0.543. The summed E-state index contributed by atoms with van der Waals surface area (Å²) in [7, 11) is 1.88. The fourth-order valence-corrected chi connectivity index (χ4v) is 2.03. The van der Waals surface area contributed by atoms with Gasteiger partial charge in [-0.15, -0.1) is 0 Å². The number of imidazole rings is 1. The van der Waals surface area contributed by atoms with E-state index in [2.05, 4.69) is 15.0 Å². The number of ether oxygens (including phenoxy) is 1. The second kappa shape index (κ2) is 5.84. The van der Waals surface area contributed by atoms with Crippen molar-refractivity contribution in [1.82, 2.24) is 19.5 Å². The summed E-state index contributed by atoms with van der Waals surface area (Å²) in [4.78, 5) is 22.6. The van der Waals surface area contributed by atoms with Crippen LogP contribution >= 0.6 is 0 Å². The van der Waals surface area contributed by atoms with Gasteiger partial charge in [0.25, 0.3) is 0 Å². The molecular formula is C15H13N5O3. The Morgan fingerprint density at radius 1 is 1.22 bits per heavy atom. The predicted octanol–water partition coefficient (Wildman–Crippen LogP) is 2.89. The van der Waals surface area contributed by atoms with E-state index in [9.17, 15) is 10.1 Å². The van der Waals surface area contributed by atoms with Crippen molar-refractivity contribution in [3.05, 3.63) is 58.8 Å². The maximum absolute atomic E-state index is 10.7. The molecule has 0 atom stereocenters. The van der Waals surface area contributed by atoms with Crippen LogP contribution in [0.3, 0.4) is 0 Å². The molecule has 3 aromatic rings. The van der Waals surface area contributed by atoms with Crippen molar-refractivity contribution in [2.45, 2.75) is 6.92 Å². The zero-order chi connectivity index (χ0) is 16.4. The lowest BCUT2D eigenvalue weighted by molar-refractivity contribution is -0.389. The van der Waals surface area contributed by atoms with Crippen LogP contribution in [0.4, 0.5) is 5.82 Å². The number of aromatic nitrogens is 4. The van der Waals surface area contributed by atoms with E-state index in [1.165, 1.54) is 12.1 Å². The first-order valence-electron chi connectivity index (χ1n) is 6.77. The molecule has 0 amide bonds. The molecule has 0 bridgehead atoms. The van der Waals surface area contributed by atoms with Crippen molar-refractivity contribution in [3.8, 4) is 22.9 Å². The monoisotopic (exact) mass is 311 g/mol. The lowest BCUT2D eigenvalue weighted by Gasteiger charge is -2.06. The molecule has 8 nitrogen and oxygen atoms in total. The molecule has 0 saturated heterocycles. The van der Waals surface area contributed by atoms with Crippen molar-refractivity contribution in [2.75, 3.05) is 0 Å². The third-order valence-electron chi connectivity index (χ3n) is 3.14. The highest BCUT2D eigenvalue weighted by Crippen LogP contribution is 2.27. The summed E-state index contributed by atoms with van der Waals surface area (Å²) >= 11 is 0. The van der Waals surface area contributed by atoms with E-state index < -0.39 is 4.92 Å². The number of hydrogen-bond acceptors (Lipinski definition) is 6. The van der Waals surface area contributed by atoms with Crippen LogP contribution < -0.4 is 4.74 Å². The van der Waals surface area contributed by atoms with Gasteiger partial charge in [0.15, 0.2) is 11.4 Å². The number of nitro groups is 1. The normalized spacial score (nSPS) is 10.5. The van der Waals surface area contributed by atoms with Crippen molar-refractivity contribution in [3.63, 3.8) is 0 Å². The molecule has 0 saturated carbocycles. The number of pyridine rings is 2. The zero-order valence-electron chi connectivity index (χ0n) is 12.5. The van der Waals surface area contributed by atoms with E-state index >= 15 is 0 Å². The molecule has 3 rings (SSSR count). The van der Waals surface area contributed by atoms with Crippen LogP contribution in [-0.2, 0) is 7.05 Å². The van der Waals surface area contributed by atoms with Gasteiger partial charge >= 0.3 is 5.82 Å². The molecule has 0 aliphatic rings. The SMILES string of the molecule is Cc1nc([N+](=O)[O-])ccc1Oc1ccnc(-c2cn(C)cn2)c1. The van der Waals surface area contributed by atoms with Crippen LogP contribution in [-0.4, -0.2) is 24.4 Å². The minimum atomic E-state index is -0.539. The van der Waals surface area contributed by atoms with Gasteiger partial charge in [-0.25, -0.2) is 4.98 Å². The Bertz CT molecular complexity index is 875. The molecule has 3 aromatic heterocycles. The molecule has 23 heavy (non-hydrogen) atoms. The fraction of sp³-hybridized carbons (Fsp3) is 0.133. The molecule has 0 unspecified atom stereocenters. The Labute approximate surface area is 131 Å². The molecule has 0 aliphatic carbocycles. The highest BCUT2D eigenvalue weighted by atomic mass is 16.6. The first-order chi connectivity index (χ1) is 11.0. The van der Waals surface area contributed by atoms with Crippen LogP contribution in [0, 0.1) is 17.0 Å². The average Bonchev–Trinajstić information content (AvgIpc) is 2.96. The molecule has 0 spiro atoms. The summed E-state index contributed by atoms with van der Waals surface area (Å²) in [5.41, 5.74) is 1.85. The Morgan fingerprint density at radius 2 is 2.04 bits per heavy atom. The standard InChI is InChI=1S/C15H13N5O3/c1-10-14(3-4-15(18-10)20(21)22)23-11-5-6-16-12(7-11)13-8-19(2)9-17-13/h3-9H,1-2H3. The molecule has 8 heteroatoms. The van der Waals surface area contributed by atoms with Crippen LogP contribution in [0.15, 0.2) is 43.0 Å². The Hall–Kier alpha value is -3.29. The number of aryl methyl sites for hydroxylation is 2. The molecule has 0 aromatic carbocycles. The smallest absolute Gasteiger partial charge is 0.363 e. The van der Waals surface area contributed by atoms with Crippen LogP contribution in [0.5, 0.6) is 11.5 Å². The Kier molecular flexibility index (Phi) is 3.71. The van der Waals surface area contributed by atoms with Crippen LogP contribution in [0.2, 0.25) is 0 Å². The second-order valence-electron chi connectivity index (χ2n) is 4.91. The van der Waals surface area contributed by atoms with E-state index in [0.29, 0.717) is 22.9 Å². The van der Waals surface area contributed by atoms with E-state index in [4.69, 9.17) is 4.74 Å². The van der Waals surface area contributed by atoms with E-state index in [1.807, 2.05) is 17.8 Å². The summed E-state index contributed by atoms with van der Waals surface area (Å²) in [5.74, 6) is 0.798. The second-order valence-corrected chi connectivity index (χ2v) is 4.91. The number of hydrogen-bond donors (Lipinski definition) is 0. The van der Waals surface area contributed by atoms with Gasteiger partial charge in [-0.2, -0.15) is 0 Å². The van der Waals surface area contributed by atoms with Crippen molar-refractivity contribution in [1.29, 1.82) is 0 Å². The van der Waals surface area contributed by atoms with Gasteiger partial charge in [-0.05, 0) is 22.0 Å². The molecular weight excluding hydrogens is 298 g/mol. The first-order valence-corrected chi connectivity index (χ1v) is 6.77. The summed E-state index contributed by atoms with van der Waals surface area (Å²) < 4.78 is 7.58. The maximum Gasteiger partial charge on any atom is 0.363 e. The molecule has 0 aliphatic heterocycles. The van der Waals surface area contributed by atoms with Crippen molar-refractivity contribution >= 4 is 5.82 Å². The summed E-state index contributed by atoms with van der Waals surface area (Å²) in [6.07, 6.45) is 5.16. The van der Waals surface area contributed by atoms with Gasteiger partial charge in [-0.3, -0.25) is 4.98 Å². The zero-order valence-corrected chi connectivity index (χ0v) is 12.5. The van der Waals surface area contributed by atoms with Gasteiger partial charge in [0, 0.05) is 38.5 Å². The molecule has 0 radical (unpaired) electrons. The topological polar surface area (TPSA) is 96.0 Å². The van der Waals surface area contributed by atoms with Crippen molar-refractivity contribution < 1.29 is 9.66 Å². The van der Waals surface area contributed by atoms with Gasteiger partial charge < -0.3 is 19.4 Å².